The van der Waals surface area contributed by atoms with E-state index in [2.05, 4.69) is 30.3 Å². The Balaban J connectivity index is 1.93. The summed E-state index contributed by atoms with van der Waals surface area (Å²) in [6.45, 7) is 4.50. The standard InChI is InChI=1S/C13H22N2O/c1-3-12(13-7-5-9-16-13)15(2)10-11-6-4-8-14-11/h5,7,9,11-12,14H,3-4,6,8,10H2,1-2H3. The molecular weight excluding hydrogens is 200 g/mol. The fraction of sp³-hybridized carbons (Fsp3) is 0.692. The summed E-state index contributed by atoms with van der Waals surface area (Å²) < 4.78 is 5.51. The molecule has 90 valence electrons. The molecule has 3 heteroatoms. The smallest absolute Gasteiger partial charge is 0.120 e. The number of hydrogen-bond acceptors (Lipinski definition) is 3. The molecule has 0 radical (unpaired) electrons. The molecule has 1 N–H and O–H groups in total. The summed E-state index contributed by atoms with van der Waals surface area (Å²) in [7, 11) is 2.19. The van der Waals surface area contributed by atoms with Crippen molar-refractivity contribution in [2.45, 2.75) is 38.3 Å². The van der Waals surface area contributed by atoms with Gasteiger partial charge >= 0.3 is 0 Å². The molecule has 3 nitrogen and oxygen atoms in total. The van der Waals surface area contributed by atoms with E-state index in [9.17, 15) is 0 Å². The molecule has 2 atom stereocenters. The number of furan rings is 1. The SMILES string of the molecule is CCC(c1ccco1)N(C)CC1CCCN1. The Hall–Kier alpha value is -0.800. The lowest BCUT2D eigenvalue weighted by atomic mass is 10.1. The summed E-state index contributed by atoms with van der Waals surface area (Å²) in [5.41, 5.74) is 0. The maximum atomic E-state index is 5.51. The van der Waals surface area contributed by atoms with Crippen LogP contribution in [-0.2, 0) is 0 Å². The van der Waals surface area contributed by atoms with Gasteiger partial charge in [-0.15, -0.1) is 0 Å². The fourth-order valence-electron chi connectivity index (χ4n) is 2.60. The van der Waals surface area contributed by atoms with E-state index in [1.54, 1.807) is 6.26 Å². The van der Waals surface area contributed by atoms with Gasteiger partial charge in [-0.3, -0.25) is 4.90 Å². The van der Waals surface area contributed by atoms with Crippen LogP contribution in [-0.4, -0.2) is 31.1 Å². The quantitative estimate of drug-likeness (QED) is 0.829. The second-order valence-corrected chi connectivity index (χ2v) is 4.67. The Morgan fingerprint density at radius 3 is 3.06 bits per heavy atom. The molecule has 0 aliphatic carbocycles. The summed E-state index contributed by atoms with van der Waals surface area (Å²) in [4.78, 5) is 2.40. The molecule has 1 aliphatic rings. The predicted octanol–water partition coefficient (Wildman–Crippen LogP) is 2.41. The average Bonchev–Trinajstić information content (AvgIpc) is 2.91. The van der Waals surface area contributed by atoms with E-state index < -0.39 is 0 Å². The van der Waals surface area contributed by atoms with Crippen molar-refractivity contribution in [1.82, 2.24) is 10.2 Å². The van der Waals surface area contributed by atoms with E-state index in [1.807, 2.05) is 6.07 Å². The van der Waals surface area contributed by atoms with E-state index in [4.69, 9.17) is 4.42 Å². The normalized spacial score (nSPS) is 22.8. The van der Waals surface area contributed by atoms with Gasteiger partial charge in [-0.2, -0.15) is 0 Å². The van der Waals surface area contributed by atoms with Gasteiger partial charge in [0, 0.05) is 12.6 Å². The van der Waals surface area contributed by atoms with Crippen LogP contribution in [0.4, 0.5) is 0 Å². The molecule has 2 heterocycles. The number of likely N-dealkylation sites (N-methyl/N-ethyl adjacent to an activating group) is 1. The molecule has 16 heavy (non-hydrogen) atoms. The Labute approximate surface area is 97.8 Å². The van der Waals surface area contributed by atoms with Crippen molar-refractivity contribution >= 4 is 0 Å². The topological polar surface area (TPSA) is 28.4 Å². The van der Waals surface area contributed by atoms with Gasteiger partial charge in [-0.05, 0) is 45.0 Å². The highest BCUT2D eigenvalue weighted by atomic mass is 16.3. The van der Waals surface area contributed by atoms with Crippen molar-refractivity contribution in [3.8, 4) is 0 Å². The van der Waals surface area contributed by atoms with Gasteiger partial charge in [-0.25, -0.2) is 0 Å². The lowest BCUT2D eigenvalue weighted by molar-refractivity contribution is 0.194. The molecule has 0 spiro atoms. The molecule has 0 aromatic carbocycles. The van der Waals surface area contributed by atoms with Gasteiger partial charge in [0.05, 0.1) is 12.3 Å². The average molecular weight is 222 g/mol. The Bertz CT molecular complexity index is 291. The van der Waals surface area contributed by atoms with E-state index >= 15 is 0 Å². The first-order valence-corrected chi connectivity index (χ1v) is 6.28. The molecule has 2 unspecified atom stereocenters. The van der Waals surface area contributed by atoms with Crippen LogP contribution in [0, 0.1) is 0 Å². The van der Waals surface area contributed by atoms with Crippen molar-refractivity contribution in [1.29, 1.82) is 0 Å². The summed E-state index contributed by atoms with van der Waals surface area (Å²) in [6.07, 6.45) is 5.48. The second-order valence-electron chi connectivity index (χ2n) is 4.67. The first kappa shape index (κ1) is 11.7. The van der Waals surface area contributed by atoms with Crippen molar-refractivity contribution in [2.24, 2.45) is 0 Å². The fourth-order valence-corrected chi connectivity index (χ4v) is 2.60. The van der Waals surface area contributed by atoms with Crippen LogP contribution in [0.1, 0.15) is 38.0 Å². The van der Waals surface area contributed by atoms with Crippen LogP contribution in [0.2, 0.25) is 0 Å². The van der Waals surface area contributed by atoms with Crippen LogP contribution < -0.4 is 5.32 Å². The minimum atomic E-state index is 0.414. The highest BCUT2D eigenvalue weighted by Crippen LogP contribution is 2.24. The monoisotopic (exact) mass is 222 g/mol. The highest BCUT2D eigenvalue weighted by Gasteiger charge is 2.22. The number of nitrogens with zero attached hydrogens (tertiary/aromatic N) is 1. The van der Waals surface area contributed by atoms with E-state index in [0.29, 0.717) is 12.1 Å². The number of nitrogens with one attached hydrogen (secondary N) is 1. The molecule has 0 amide bonds. The summed E-state index contributed by atoms with van der Waals surface area (Å²) in [6, 6.07) is 5.12. The van der Waals surface area contributed by atoms with Crippen molar-refractivity contribution in [2.75, 3.05) is 20.1 Å². The predicted molar refractivity (Wildman–Crippen MR) is 65.4 cm³/mol. The lowest BCUT2D eigenvalue weighted by Gasteiger charge is -2.28. The van der Waals surface area contributed by atoms with E-state index in [-0.39, 0.29) is 0 Å². The zero-order chi connectivity index (χ0) is 11.4. The highest BCUT2D eigenvalue weighted by molar-refractivity contribution is 5.04. The van der Waals surface area contributed by atoms with Crippen LogP contribution in [0.5, 0.6) is 0 Å². The molecule has 1 fully saturated rings. The number of rotatable bonds is 5. The Kier molecular flexibility index (Phi) is 4.02. The van der Waals surface area contributed by atoms with Crippen LogP contribution in [0.3, 0.4) is 0 Å². The zero-order valence-electron chi connectivity index (χ0n) is 10.3. The minimum absolute atomic E-state index is 0.414. The van der Waals surface area contributed by atoms with Crippen LogP contribution in [0.25, 0.3) is 0 Å². The first-order chi connectivity index (χ1) is 7.81. The van der Waals surface area contributed by atoms with E-state index in [0.717, 1.165) is 18.7 Å². The molecule has 0 saturated carbocycles. The number of hydrogen-bond donors (Lipinski definition) is 1. The summed E-state index contributed by atoms with van der Waals surface area (Å²) in [5.74, 6) is 1.09. The third-order valence-corrected chi connectivity index (χ3v) is 3.46. The molecule has 2 rings (SSSR count). The molecular formula is C13H22N2O. The van der Waals surface area contributed by atoms with Gasteiger partial charge in [0.1, 0.15) is 5.76 Å². The summed E-state index contributed by atoms with van der Waals surface area (Å²) in [5, 5.41) is 3.54. The van der Waals surface area contributed by atoms with Gasteiger partial charge in [-0.1, -0.05) is 6.92 Å². The van der Waals surface area contributed by atoms with Gasteiger partial charge < -0.3 is 9.73 Å². The maximum absolute atomic E-state index is 5.51. The molecule has 0 bridgehead atoms. The third kappa shape index (κ3) is 2.66. The van der Waals surface area contributed by atoms with Crippen molar-refractivity contribution in [3.05, 3.63) is 24.2 Å². The maximum Gasteiger partial charge on any atom is 0.120 e. The molecule has 1 aliphatic heterocycles. The molecule has 1 aromatic rings. The summed E-state index contributed by atoms with van der Waals surface area (Å²) >= 11 is 0. The molecule has 1 saturated heterocycles. The Morgan fingerprint density at radius 1 is 1.62 bits per heavy atom. The first-order valence-electron chi connectivity index (χ1n) is 6.28. The minimum Gasteiger partial charge on any atom is -0.468 e. The van der Waals surface area contributed by atoms with Crippen LogP contribution >= 0.6 is 0 Å². The van der Waals surface area contributed by atoms with Crippen molar-refractivity contribution in [3.63, 3.8) is 0 Å². The largest absolute Gasteiger partial charge is 0.468 e. The van der Waals surface area contributed by atoms with Gasteiger partial charge in [0.2, 0.25) is 0 Å². The van der Waals surface area contributed by atoms with E-state index in [1.165, 1.54) is 19.4 Å². The van der Waals surface area contributed by atoms with Crippen molar-refractivity contribution < 1.29 is 4.42 Å². The molecule has 1 aromatic heterocycles. The van der Waals surface area contributed by atoms with Crippen LogP contribution in [0.15, 0.2) is 22.8 Å². The Morgan fingerprint density at radius 2 is 2.50 bits per heavy atom. The van der Waals surface area contributed by atoms with Gasteiger partial charge in [0.15, 0.2) is 0 Å². The zero-order valence-corrected chi connectivity index (χ0v) is 10.3. The third-order valence-electron chi connectivity index (χ3n) is 3.46. The lowest BCUT2D eigenvalue weighted by Crippen LogP contribution is -2.37. The van der Waals surface area contributed by atoms with Gasteiger partial charge in [0.25, 0.3) is 0 Å². The second kappa shape index (κ2) is 5.51.